The van der Waals surface area contributed by atoms with Gasteiger partial charge in [-0.25, -0.2) is 10.2 Å². The summed E-state index contributed by atoms with van der Waals surface area (Å²) in [6.45, 7) is 5.38. The summed E-state index contributed by atoms with van der Waals surface area (Å²) < 4.78 is 10.9. The van der Waals surface area contributed by atoms with Gasteiger partial charge in [0.25, 0.3) is 5.56 Å². The van der Waals surface area contributed by atoms with Crippen LogP contribution in [0.3, 0.4) is 0 Å². The van der Waals surface area contributed by atoms with Crippen molar-refractivity contribution in [2.45, 2.75) is 33.3 Å². The van der Waals surface area contributed by atoms with E-state index < -0.39 is 17.2 Å². The van der Waals surface area contributed by atoms with E-state index in [1.807, 2.05) is 13.8 Å². The zero-order valence-electron chi connectivity index (χ0n) is 15.6. The Morgan fingerprint density at radius 1 is 1.26 bits per heavy atom. The van der Waals surface area contributed by atoms with E-state index in [2.05, 4.69) is 20.5 Å². The summed E-state index contributed by atoms with van der Waals surface area (Å²) in [5.74, 6) is 0.675. The van der Waals surface area contributed by atoms with Crippen molar-refractivity contribution >= 4 is 12.1 Å². The van der Waals surface area contributed by atoms with Gasteiger partial charge in [0.1, 0.15) is 0 Å². The number of rotatable bonds is 7. The number of aromatic amines is 2. The van der Waals surface area contributed by atoms with Gasteiger partial charge in [-0.1, -0.05) is 0 Å². The molecule has 0 bridgehead atoms. The average molecular weight is 374 g/mol. The number of carbonyl (C=O) groups excluding carboxylic acids is 1. The highest BCUT2D eigenvalue weighted by molar-refractivity contribution is 5.84. The Kier molecular flexibility index (Phi) is 6.53. The maximum Gasteiger partial charge on any atom is 0.325 e. The van der Waals surface area contributed by atoms with Gasteiger partial charge in [-0.2, -0.15) is 5.10 Å². The lowest BCUT2D eigenvalue weighted by molar-refractivity contribution is -0.120. The van der Waals surface area contributed by atoms with Gasteiger partial charge in [0.05, 0.1) is 25.8 Å². The second-order valence-corrected chi connectivity index (χ2v) is 6.06. The van der Waals surface area contributed by atoms with Crippen LogP contribution in [0.2, 0.25) is 0 Å². The van der Waals surface area contributed by atoms with Crippen LogP contribution in [0.25, 0.3) is 0 Å². The van der Waals surface area contributed by atoms with Crippen LogP contribution < -0.4 is 26.1 Å². The van der Waals surface area contributed by atoms with E-state index in [1.54, 1.807) is 25.1 Å². The lowest BCUT2D eigenvalue weighted by atomic mass is 10.1. The number of nitrogens with one attached hydrogen (secondary N) is 3. The van der Waals surface area contributed by atoms with E-state index in [0.717, 1.165) is 0 Å². The Balaban J connectivity index is 2.04. The van der Waals surface area contributed by atoms with Crippen LogP contribution in [0.5, 0.6) is 11.5 Å². The molecule has 0 atom stereocenters. The number of hydrogen-bond donors (Lipinski definition) is 3. The number of ether oxygens (including phenoxy) is 2. The molecule has 0 unspecified atom stereocenters. The number of benzene rings is 1. The Morgan fingerprint density at radius 2 is 2.00 bits per heavy atom. The topological polar surface area (TPSA) is 126 Å². The molecule has 0 spiro atoms. The molecular formula is C18H22N4O5. The van der Waals surface area contributed by atoms with Crippen molar-refractivity contribution in [1.29, 1.82) is 0 Å². The monoisotopic (exact) mass is 374 g/mol. The number of amides is 1. The van der Waals surface area contributed by atoms with Crippen LogP contribution in [0, 0.1) is 6.92 Å². The predicted octanol–water partition coefficient (Wildman–Crippen LogP) is 0.860. The number of methoxy groups -OCH3 is 1. The Labute approximate surface area is 155 Å². The van der Waals surface area contributed by atoms with Gasteiger partial charge >= 0.3 is 5.69 Å². The molecule has 1 aromatic carbocycles. The SMILES string of the molecule is COc1cc(/C=N\NC(=O)Cc2c(C)[nH]c(=O)[nH]c2=O)ccc1OC(C)C. The fourth-order valence-corrected chi connectivity index (χ4v) is 2.33. The largest absolute Gasteiger partial charge is 0.493 e. The van der Waals surface area contributed by atoms with Crippen molar-refractivity contribution in [1.82, 2.24) is 15.4 Å². The number of aryl methyl sites for hydroxylation is 1. The average Bonchev–Trinajstić information content (AvgIpc) is 2.58. The minimum atomic E-state index is -0.612. The first-order valence-electron chi connectivity index (χ1n) is 8.28. The summed E-state index contributed by atoms with van der Waals surface area (Å²) in [6.07, 6.45) is 1.25. The number of hydrogen-bond acceptors (Lipinski definition) is 6. The highest BCUT2D eigenvalue weighted by Crippen LogP contribution is 2.28. The van der Waals surface area contributed by atoms with Crippen LogP contribution in [-0.2, 0) is 11.2 Å². The molecule has 1 heterocycles. The van der Waals surface area contributed by atoms with Crippen molar-refractivity contribution in [2.24, 2.45) is 5.10 Å². The first-order chi connectivity index (χ1) is 12.8. The summed E-state index contributed by atoms with van der Waals surface area (Å²) in [5.41, 5.74) is 2.35. The Morgan fingerprint density at radius 3 is 2.63 bits per heavy atom. The van der Waals surface area contributed by atoms with Gasteiger partial charge in [-0.05, 0) is 44.5 Å². The molecule has 0 fully saturated rings. The summed E-state index contributed by atoms with van der Waals surface area (Å²) in [6, 6.07) is 5.25. The summed E-state index contributed by atoms with van der Waals surface area (Å²) >= 11 is 0. The Hall–Kier alpha value is -3.36. The number of carbonyl (C=O) groups is 1. The van der Waals surface area contributed by atoms with E-state index in [1.165, 1.54) is 13.3 Å². The minimum Gasteiger partial charge on any atom is -0.493 e. The highest BCUT2D eigenvalue weighted by Gasteiger charge is 2.11. The summed E-state index contributed by atoms with van der Waals surface area (Å²) in [7, 11) is 1.54. The summed E-state index contributed by atoms with van der Waals surface area (Å²) in [4.78, 5) is 39.4. The molecule has 0 radical (unpaired) electrons. The lowest BCUT2D eigenvalue weighted by Crippen LogP contribution is -2.30. The first-order valence-corrected chi connectivity index (χ1v) is 8.28. The number of aromatic nitrogens is 2. The zero-order valence-corrected chi connectivity index (χ0v) is 15.6. The second-order valence-electron chi connectivity index (χ2n) is 6.06. The third kappa shape index (κ3) is 5.56. The molecule has 0 saturated heterocycles. The molecule has 144 valence electrons. The molecule has 0 aliphatic carbocycles. The minimum absolute atomic E-state index is 0.0113. The fraction of sp³-hybridized carbons (Fsp3) is 0.333. The van der Waals surface area contributed by atoms with Crippen LogP contribution >= 0.6 is 0 Å². The van der Waals surface area contributed by atoms with Crippen LogP contribution in [0.1, 0.15) is 30.7 Å². The molecule has 1 aromatic heterocycles. The van der Waals surface area contributed by atoms with Crippen LogP contribution in [-0.4, -0.2) is 35.3 Å². The smallest absolute Gasteiger partial charge is 0.325 e. The normalized spacial score (nSPS) is 11.0. The molecule has 3 N–H and O–H groups in total. The van der Waals surface area contributed by atoms with E-state index in [4.69, 9.17) is 9.47 Å². The van der Waals surface area contributed by atoms with Crippen molar-refractivity contribution in [3.63, 3.8) is 0 Å². The number of nitrogens with zero attached hydrogens (tertiary/aromatic N) is 1. The number of hydrazone groups is 1. The van der Waals surface area contributed by atoms with Gasteiger partial charge in [0.15, 0.2) is 11.5 Å². The van der Waals surface area contributed by atoms with E-state index in [0.29, 0.717) is 22.8 Å². The van der Waals surface area contributed by atoms with Crippen molar-refractivity contribution in [2.75, 3.05) is 7.11 Å². The third-order valence-corrected chi connectivity index (χ3v) is 3.55. The molecule has 9 heteroatoms. The van der Waals surface area contributed by atoms with Crippen molar-refractivity contribution in [3.05, 3.63) is 55.9 Å². The van der Waals surface area contributed by atoms with Crippen LogP contribution in [0.15, 0.2) is 32.9 Å². The maximum absolute atomic E-state index is 12.0. The molecular weight excluding hydrogens is 352 g/mol. The van der Waals surface area contributed by atoms with Gasteiger partial charge in [-0.3, -0.25) is 14.6 Å². The molecule has 27 heavy (non-hydrogen) atoms. The van der Waals surface area contributed by atoms with Gasteiger partial charge < -0.3 is 14.5 Å². The van der Waals surface area contributed by atoms with Crippen molar-refractivity contribution in [3.8, 4) is 11.5 Å². The standard InChI is InChI=1S/C18H22N4O5/c1-10(2)27-14-6-5-12(7-15(14)26-4)9-19-22-16(23)8-13-11(3)20-18(25)21-17(13)24/h5-7,9-10H,8H2,1-4H3,(H,22,23)(H2,20,21,24,25)/b19-9-. The quantitative estimate of drug-likeness (QED) is 0.489. The molecule has 2 rings (SSSR count). The van der Waals surface area contributed by atoms with Gasteiger partial charge in [-0.15, -0.1) is 0 Å². The highest BCUT2D eigenvalue weighted by atomic mass is 16.5. The lowest BCUT2D eigenvalue weighted by Gasteiger charge is -2.13. The molecule has 0 aliphatic heterocycles. The summed E-state index contributed by atoms with van der Waals surface area (Å²) in [5, 5.41) is 3.88. The van der Waals surface area contributed by atoms with Crippen molar-refractivity contribution < 1.29 is 14.3 Å². The van der Waals surface area contributed by atoms with Crippen LogP contribution in [0.4, 0.5) is 0 Å². The second kappa shape index (κ2) is 8.84. The maximum atomic E-state index is 12.0. The Bertz CT molecular complexity index is 959. The number of H-pyrrole nitrogens is 2. The van der Waals surface area contributed by atoms with Gasteiger partial charge in [0.2, 0.25) is 5.91 Å². The van der Waals surface area contributed by atoms with E-state index in [-0.39, 0.29) is 18.1 Å². The van der Waals surface area contributed by atoms with Gasteiger partial charge in [0, 0.05) is 11.3 Å². The molecule has 9 nitrogen and oxygen atoms in total. The first kappa shape index (κ1) is 20.0. The zero-order chi connectivity index (χ0) is 20.0. The third-order valence-electron chi connectivity index (χ3n) is 3.55. The molecule has 2 aromatic rings. The fourth-order valence-electron chi connectivity index (χ4n) is 2.33. The van der Waals surface area contributed by atoms with E-state index in [9.17, 15) is 14.4 Å². The molecule has 0 saturated carbocycles. The molecule has 0 aliphatic rings. The van der Waals surface area contributed by atoms with E-state index >= 15 is 0 Å². The predicted molar refractivity (Wildman–Crippen MR) is 101 cm³/mol. The molecule has 1 amide bonds.